The van der Waals surface area contributed by atoms with Gasteiger partial charge in [-0.3, -0.25) is 4.98 Å². The highest BCUT2D eigenvalue weighted by Gasteiger charge is 2.25. The van der Waals surface area contributed by atoms with E-state index in [0.717, 1.165) is 30.8 Å². The van der Waals surface area contributed by atoms with Crippen molar-refractivity contribution in [1.82, 2.24) is 14.5 Å². The van der Waals surface area contributed by atoms with Crippen LogP contribution in [0.1, 0.15) is 37.2 Å². The second-order valence-electron chi connectivity index (χ2n) is 6.99. The molecule has 1 atom stereocenters. The predicted molar refractivity (Wildman–Crippen MR) is 105 cm³/mol. The topological polar surface area (TPSA) is 43.2 Å². The number of anilines is 1. The molecule has 4 rings (SSSR count). The van der Waals surface area contributed by atoms with Crippen molar-refractivity contribution in [3.8, 4) is 5.75 Å². The van der Waals surface area contributed by atoms with Crippen molar-refractivity contribution in [1.29, 1.82) is 0 Å². The van der Waals surface area contributed by atoms with E-state index in [-0.39, 0.29) is 0 Å². The van der Waals surface area contributed by atoms with Gasteiger partial charge < -0.3 is 14.2 Å². The van der Waals surface area contributed by atoms with Crippen molar-refractivity contribution < 1.29 is 4.74 Å². The lowest BCUT2D eigenvalue weighted by molar-refractivity contribution is 0.396. The molecule has 0 aliphatic carbocycles. The van der Waals surface area contributed by atoms with E-state index in [2.05, 4.69) is 51.6 Å². The Kier molecular flexibility index (Phi) is 4.53. The normalized spacial score (nSPS) is 17.7. The van der Waals surface area contributed by atoms with Gasteiger partial charge in [0.05, 0.1) is 18.8 Å². The number of hydrogen-bond acceptors (Lipinski definition) is 4. The first-order chi connectivity index (χ1) is 12.7. The summed E-state index contributed by atoms with van der Waals surface area (Å²) in [6.07, 6.45) is 9.38. The highest BCUT2D eigenvalue weighted by atomic mass is 16.5. The van der Waals surface area contributed by atoms with E-state index >= 15 is 0 Å². The van der Waals surface area contributed by atoms with Crippen LogP contribution in [0.25, 0.3) is 10.9 Å². The van der Waals surface area contributed by atoms with Crippen LogP contribution in [0.15, 0.2) is 36.8 Å². The molecule has 1 aromatic carbocycles. The molecule has 1 saturated heterocycles. The van der Waals surface area contributed by atoms with E-state index in [1.165, 1.54) is 35.3 Å². The molecule has 26 heavy (non-hydrogen) atoms. The van der Waals surface area contributed by atoms with Crippen LogP contribution in [0, 0.1) is 6.92 Å². The molecule has 3 heterocycles. The summed E-state index contributed by atoms with van der Waals surface area (Å²) in [5.41, 5.74) is 3.44. The molecule has 2 aromatic heterocycles. The molecule has 1 aliphatic rings. The van der Waals surface area contributed by atoms with Gasteiger partial charge >= 0.3 is 0 Å². The molecular weight excluding hydrogens is 324 g/mol. The van der Waals surface area contributed by atoms with Gasteiger partial charge in [0.25, 0.3) is 0 Å². The molecule has 0 spiro atoms. The summed E-state index contributed by atoms with van der Waals surface area (Å²) in [4.78, 5) is 11.7. The molecule has 3 aromatic rings. The van der Waals surface area contributed by atoms with Crippen molar-refractivity contribution in [3.63, 3.8) is 0 Å². The molecule has 5 nitrogen and oxygen atoms in total. The zero-order chi connectivity index (χ0) is 18.1. The standard InChI is InChI=1S/C21H26N4O/c1-4-19-22-10-12-25(19)16-7-6-11-24(14-16)21-15(2)13-23-20-17(21)8-5-9-18(20)26-3/h5,8-10,12-13,16H,4,6-7,11,14H2,1-3H3. The summed E-state index contributed by atoms with van der Waals surface area (Å²) in [5.74, 6) is 2.01. The van der Waals surface area contributed by atoms with E-state index in [0.29, 0.717) is 6.04 Å². The third kappa shape index (κ3) is 2.81. The van der Waals surface area contributed by atoms with Crippen LogP contribution in [0.2, 0.25) is 0 Å². The van der Waals surface area contributed by atoms with Gasteiger partial charge in [-0.05, 0) is 31.4 Å². The molecule has 136 valence electrons. The zero-order valence-electron chi connectivity index (χ0n) is 15.8. The maximum atomic E-state index is 5.53. The number of ether oxygens (including phenoxy) is 1. The van der Waals surface area contributed by atoms with Gasteiger partial charge in [0.15, 0.2) is 0 Å². The quantitative estimate of drug-likeness (QED) is 0.709. The summed E-state index contributed by atoms with van der Waals surface area (Å²) >= 11 is 0. The van der Waals surface area contributed by atoms with Crippen LogP contribution < -0.4 is 9.64 Å². The maximum Gasteiger partial charge on any atom is 0.145 e. The van der Waals surface area contributed by atoms with Gasteiger partial charge in [-0.25, -0.2) is 4.98 Å². The number of pyridine rings is 1. The van der Waals surface area contributed by atoms with Crippen molar-refractivity contribution >= 4 is 16.6 Å². The number of piperidine rings is 1. The first kappa shape index (κ1) is 16.9. The highest BCUT2D eigenvalue weighted by molar-refractivity contribution is 5.96. The minimum Gasteiger partial charge on any atom is -0.494 e. The largest absolute Gasteiger partial charge is 0.494 e. The molecule has 1 unspecified atom stereocenters. The van der Waals surface area contributed by atoms with Gasteiger partial charge in [0.2, 0.25) is 0 Å². The number of benzene rings is 1. The predicted octanol–water partition coefficient (Wildman–Crippen LogP) is 4.15. The van der Waals surface area contributed by atoms with Gasteiger partial charge in [-0.1, -0.05) is 19.1 Å². The van der Waals surface area contributed by atoms with Crippen molar-refractivity contribution in [3.05, 3.63) is 48.2 Å². The average Bonchev–Trinajstić information content (AvgIpc) is 3.16. The second-order valence-corrected chi connectivity index (χ2v) is 6.99. The Labute approximate surface area is 154 Å². The maximum absolute atomic E-state index is 5.53. The van der Waals surface area contributed by atoms with E-state index in [4.69, 9.17) is 4.74 Å². The minimum atomic E-state index is 0.467. The zero-order valence-corrected chi connectivity index (χ0v) is 15.8. The second kappa shape index (κ2) is 6.98. The van der Waals surface area contributed by atoms with Crippen molar-refractivity contribution in [2.24, 2.45) is 0 Å². The smallest absolute Gasteiger partial charge is 0.145 e. The summed E-state index contributed by atoms with van der Waals surface area (Å²) in [6.45, 7) is 6.40. The van der Waals surface area contributed by atoms with E-state index in [1.807, 2.05) is 18.5 Å². The summed E-state index contributed by atoms with van der Waals surface area (Å²) in [5, 5.41) is 1.17. The summed E-state index contributed by atoms with van der Waals surface area (Å²) < 4.78 is 7.89. The Balaban J connectivity index is 1.74. The number of fused-ring (bicyclic) bond motifs is 1. The Morgan fingerprint density at radius 2 is 2.15 bits per heavy atom. The number of aryl methyl sites for hydroxylation is 2. The average molecular weight is 350 g/mol. The van der Waals surface area contributed by atoms with Crippen LogP contribution >= 0.6 is 0 Å². The number of aromatic nitrogens is 3. The molecule has 0 N–H and O–H groups in total. The molecule has 0 bridgehead atoms. The summed E-state index contributed by atoms with van der Waals surface area (Å²) in [7, 11) is 1.71. The Hall–Kier alpha value is -2.56. The number of methoxy groups -OCH3 is 1. The van der Waals surface area contributed by atoms with E-state index in [9.17, 15) is 0 Å². The fraction of sp³-hybridized carbons (Fsp3) is 0.429. The first-order valence-electron chi connectivity index (χ1n) is 9.42. The van der Waals surface area contributed by atoms with Crippen LogP contribution in [0.3, 0.4) is 0 Å². The van der Waals surface area contributed by atoms with E-state index < -0.39 is 0 Å². The van der Waals surface area contributed by atoms with Crippen LogP contribution in [0.5, 0.6) is 5.75 Å². The number of hydrogen-bond donors (Lipinski definition) is 0. The van der Waals surface area contributed by atoms with Gasteiger partial charge in [-0.2, -0.15) is 0 Å². The molecule has 1 fully saturated rings. The van der Waals surface area contributed by atoms with Gasteiger partial charge in [0, 0.05) is 43.5 Å². The molecule has 1 aliphatic heterocycles. The molecule has 0 amide bonds. The Morgan fingerprint density at radius 1 is 1.27 bits per heavy atom. The number of rotatable bonds is 4. The Bertz CT molecular complexity index is 918. The fourth-order valence-electron chi connectivity index (χ4n) is 4.20. The number of para-hydroxylation sites is 1. The van der Waals surface area contributed by atoms with Gasteiger partial charge in [-0.15, -0.1) is 0 Å². The number of imidazole rings is 1. The molecule has 5 heteroatoms. The van der Waals surface area contributed by atoms with Crippen molar-refractivity contribution in [2.75, 3.05) is 25.1 Å². The minimum absolute atomic E-state index is 0.467. The Morgan fingerprint density at radius 3 is 2.96 bits per heavy atom. The van der Waals surface area contributed by atoms with E-state index in [1.54, 1.807) is 7.11 Å². The van der Waals surface area contributed by atoms with Gasteiger partial charge in [0.1, 0.15) is 17.1 Å². The third-order valence-electron chi connectivity index (χ3n) is 5.41. The lowest BCUT2D eigenvalue weighted by Gasteiger charge is -2.37. The SMILES string of the molecule is CCc1nccn1C1CCCN(c2c(C)cnc3c(OC)cccc23)C1. The first-order valence-corrected chi connectivity index (χ1v) is 9.42. The lowest BCUT2D eigenvalue weighted by Crippen LogP contribution is -2.37. The van der Waals surface area contributed by atoms with Crippen LogP contribution in [-0.2, 0) is 6.42 Å². The van der Waals surface area contributed by atoms with Crippen LogP contribution in [-0.4, -0.2) is 34.7 Å². The summed E-state index contributed by atoms with van der Waals surface area (Å²) in [6, 6.07) is 6.66. The molecular formula is C21H26N4O. The molecule has 0 saturated carbocycles. The lowest BCUT2D eigenvalue weighted by atomic mass is 10.0. The highest BCUT2D eigenvalue weighted by Crippen LogP contribution is 2.36. The van der Waals surface area contributed by atoms with Crippen molar-refractivity contribution in [2.45, 2.75) is 39.2 Å². The monoisotopic (exact) mass is 350 g/mol. The van der Waals surface area contributed by atoms with Crippen LogP contribution in [0.4, 0.5) is 5.69 Å². The molecule has 0 radical (unpaired) electrons. The third-order valence-corrected chi connectivity index (χ3v) is 5.41. The number of nitrogens with zero attached hydrogens (tertiary/aromatic N) is 4. The fourth-order valence-corrected chi connectivity index (χ4v) is 4.20.